The molecule has 8 heteroatoms. The molecule has 1 aliphatic heterocycles. The van der Waals surface area contributed by atoms with Crippen LogP contribution in [-0.2, 0) is 4.74 Å². The standard InChI is InChI=1S/C20H19N3O3S2/c1-11-7-12(15-4-5-17(28-15)16-3-2-6-27-16)19-20(22-11)23(10-21-19)18-8-13(25)14(9-24)26-18/h2-7,10,13-14,18,24-25H,8-9H2,1H3/t13-,14-,18-/m1/s1. The van der Waals surface area contributed by atoms with E-state index in [4.69, 9.17) is 4.74 Å². The number of fused-ring (bicyclic) bond motifs is 1. The van der Waals surface area contributed by atoms with Gasteiger partial charge in [0.2, 0.25) is 0 Å². The highest BCUT2D eigenvalue weighted by Crippen LogP contribution is 2.39. The molecule has 0 spiro atoms. The predicted octanol–water partition coefficient (Wildman–Crippen LogP) is 3.84. The zero-order valence-corrected chi connectivity index (χ0v) is 16.8. The van der Waals surface area contributed by atoms with E-state index in [2.05, 4.69) is 45.7 Å². The number of pyridine rings is 1. The van der Waals surface area contributed by atoms with E-state index in [1.54, 1.807) is 29.0 Å². The molecule has 144 valence electrons. The summed E-state index contributed by atoms with van der Waals surface area (Å²) >= 11 is 3.47. The molecule has 4 aromatic rings. The van der Waals surface area contributed by atoms with Crippen molar-refractivity contribution in [2.75, 3.05) is 6.61 Å². The normalized spacial score (nSPS) is 22.3. The van der Waals surface area contributed by atoms with Crippen LogP contribution in [0.5, 0.6) is 0 Å². The molecule has 0 aromatic carbocycles. The zero-order valence-electron chi connectivity index (χ0n) is 15.1. The number of aliphatic hydroxyl groups is 2. The third kappa shape index (κ3) is 2.98. The molecule has 5 heterocycles. The highest BCUT2D eigenvalue weighted by molar-refractivity contribution is 7.23. The maximum atomic E-state index is 10.1. The summed E-state index contributed by atoms with van der Waals surface area (Å²) < 4.78 is 7.66. The van der Waals surface area contributed by atoms with Crippen LogP contribution in [0.25, 0.3) is 31.4 Å². The molecule has 0 aliphatic carbocycles. The lowest BCUT2D eigenvalue weighted by molar-refractivity contribution is -0.0432. The van der Waals surface area contributed by atoms with Gasteiger partial charge in [0.15, 0.2) is 5.65 Å². The van der Waals surface area contributed by atoms with E-state index in [0.29, 0.717) is 6.42 Å². The number of nitrogens with zero attached hydrogens (tertiary/aromatic N) is 3. The highest BCUT2D eigenvalue weighted by atomic mass is 32.1. The largest absolute Gasteiger partial charge is 0.394 e. The van der Waals surface area contributed by atoms with Crippen molar-refractivity contribution in [3.63, 3.8) is 0 Å². The van der Waals surface area contributed by atoms with Gasteiger partial charge in [-0.3, -0.25) is 4.57 Å². The second-order valence-corrected chi connectivity index (χ2v) is 8.92. The number of aromatic nitrogens is 3. The van der Waals surface area contributed by atoms with Gasteiger partial charge < -0.3 is 14.9 Å². The van der Waals surface area contributed by atoms with Gasteiger partial charge in [0.05, 0.1) is 19.0 Å². The van der Waals surface area contributed by atoms with Crippen molar-refractivity contribution in [1.82, 2.24) is 14.5 Å². The number of hydrogen-bond donors (Lipinski definition) is 2. The second-order valence-electron chi connectivity index (χ2n) is 6.89. The van der Waals surface area contributed by atoms with Crippen molar-refractivity contribution in [3.05, 3.63) is 47.7 Å². The Hall–Kier alpha value is -2.10. The van der Waals surface area contributed by atoms with Crippen LogP contribution in [0.4, 0.5) is 0 Å². The van der Waals surface area contributed by atoms with Crippen LogP contribution in [0.1, 0.15) is 18.3 Å². The lowest BCUT2D eigenvalue weighted by Crippen LogP contribution is -2.24. The summed E-state index contributed by atoms with van der Waals surface area (Å²) in [6, 6.07) is 10.5. The fraction of sp³-hybridized carbons (Fsp3) is 0.300. The summed E-state index contributed by atoms with van der Waals surface area (Å²) in [5.74, 6) is 0. The SMILES string of the molecule is Cc1cc(-c2ccc(-c3cccs3)s2)c2ncn([C@H]3C[C@@H](O)[C@@H](CO)O3)c2n1. The number of thiophene rings is 2. The number of aliphatic hydroxyl groups excluding tert-OH is 2. The highest BCUT2D eigenvalue weighted by Gasteiger charge is 2.35. The lowest BCUT2D eigenvalue weighted by atomic mass is 10.1. The smallest absolute Gasteiger partial charge is 0.162 e. The van der Waals surface area contributed by atoms with E-state index in [0.717, 1.165) is 27.3 Å². The Morgan fingerprint density at radius 3 is 2.86 bits per heavy atom. The third-order valence-corrected chi connectivity index (χ3v) is 7.17. The van der Waals surface area contributed by atoms with Gasteiger partial charge in [-0.2, -0.15) is 0 Å². The molecule has 0 amide bonds. The molecule has 1 saturated heterocycles. The first-order valence-corrected chi connectivity index (χ1v) is 10.8. The van der Waals surface area contributed by atoms with Crippen molar-refractivity contribution < 1.29 is 14.9 Å². The Morgan fingerprint density at radius 2 is 2.11 bits per heavy atom. The molecular weight excluding hydrogens is 394 g/mol. The third-order valence-electron chi connectivity index (χ3n) is 4.99. The van der Waals surface area contributed by atoms with E-state index in [-0.39, 0.29) is 12.8 Å². The molecule has 3 atom stereocenters. The van der Waals surface area contributed by atoms with E-state index in [9.17, 15) is 10.2 Å². The van der Waals surface area contributed by atoms with Gasteiger partial charge in [0.1, 0.15) is 17.8 Å². The summed E-state index contributed by atoms with van der Waals surface area (Å²) in [7, 11) is 0. The van der Waals surface area contributed by atoms with Gasteiger partial charge in [-0.15, -0.1) is 22.7 Å². The molecule has 0 saturated carbocycles. The molecule has 0 radical (unpaired) electrons. The number of ether oxygens (including phenoxy) is 1. The Balaban J connectivity index is 1.57. The minimum absolute atomic E-state index is 0.206. The Morgan fingerprint density at radius 1 is 1.25 bits per heavy atom. The van der Waals surface area contributed by atoms with Crippen LogP contribution in [-0.4, -0.2) is 43.6 Å². The van der Waals surface area contributed by atoms with Gasteiger partial charge in [-0.25, -0.2) is 9.97 Å². The summed E-state index contributed by atoms with van der Waals surface area (Å²) in [6.07, 6.45) is 0.471. The zero-order chi connectivity index (χ0) is 19.3. The maximum absolute atomic E-state index is 10.1. The first kappa shape index (κ1) is 18.0. The number of rotatable bonds is 4. The van der Waals surface area contributed by atoms with Gasteiger partial charge >= 0.3 is 0 Å². The van der Waals surface area contributed by atoms with Gasteiger partial charge in [-0.05, 0) is 36.6 Å². The monoisotopic (exact) mass is 413 g/mol. The minimum Gasteiger partial charge on any atom is -0.394 e. The van der Waals surface area contributed by atoms with E-state index in [1.807, 2.05) is 11.5 Å². The molecule has 1 aliphatic rings. The van der Waals surface area contributed by atoms with Crippen molar-refractivity contribution >= 4 is 33.8 Å². The molecule has 4 aromatic heterocycles. The fourth-order valence-corrected chi connectivity index (χ4v) is 5.47. The molecular formula is C20H19N3O3S2. The first-order valence-electron chi connectivity index (χ1n) is 9.06. The summed E-state index contributed by atoms with van der Waals surface area (Å²) in [5, 5.41) is 21.5. The summed E-state index contributed by atoms with van der Waals surface area (Å²) in [6.45, 7) is 1.76. The van der Waals surface area contributed by atoms with Crippen LogP contribution in [0.15, 0.2) is 42.0 Å². The van der Waals surface area contributed by atoms with Crippen LogP contribution in [0, 0.1) is 6.92 Å². The van der Waals surface area contributed by atoms with Crippen LogP contribution in [0.3, 0.4) is 0 Å². The molecule has 2 N–H and O–H groups in total. The average molecular weight is 414 g/mol. The molecule has 28 heavy (non-hydrogen) atoms. The van der Waals surface area contributed by atoms with E-state index < -0.39 is 12.2 Å². The number of hydrogen-bond acceptors (Lipinski definition) is 7. The van der Waals surface area contributed by atoms with Crippen molar-refractivity contribution in [1.29, 1.82) is 0 Å². The van der Waals surface area contributed by atoms with Crippen molar-refractivity contribution in [2.45, 2.75) is 31.8 Å². The lowest BCUT2D eigenvalue weighted by Gasteiger charge is -2.14. The maximum Gasteiger partial charge on any atom is 0.162 e. The van der Waals surface area contributed by atoms with E-state index in [1.165, 1.54) is 9.75 Å². The van der Waals surface area contributed by atoms with Crippen LogP contribution in [0.2, 0.25) is 0 Å². The van der Waals surface area contributed by atoms with Crippen molar-refractivity contribution in [3.8, 4) is 20.2 Å². The average Bonchev–Trinajstić information content (AvgIpc) is 3.46. The van der Waals surface area contributed by atoms with Gasteiger partial charge in [0, 0.05) is 32.3 Å². The van der Waals surface area contributed by atoms with E-state index >= 15 is 0 Å². The topological polar surface area (TPSA) is 80.4 Å². The quantitative estimate of drug-likeness (QED) is 0.531. The summed E-state index contributed by atoms with van der Waals surface area (Å²) in [4.78, 5) is 12.9. The molecule has 6 nitrogen and oxygen atoms in total. The molecule has 1 fully saturated rings. The predicted molar refractivity (Wildman–Crippen MR) is 111 cm³/mol. The molecule has 0 bridgehead atoms. The Labute approximate surface area is 169 Å². The number of imidazole rings is 1. The number of aryl methyl sites for hydroxylation is 1. The van der Waals surface area contributed by atoms with Crippen LogP contribution >= 0.6 is 22.7 Å². The minimum atomic E-state index is -0.692. The Kier molecular flexibility index (Phi) is 4.53. The Bertz CT molecular complexity index is 1120. The summed E-state index contributed by atoms with van der Waals surface area (Å²) in [5.41, 5.74) is 3.49. The second kappa shape index (κ2) is 7.06. The van der Waals surface area contributed by atoms with Crippen molar-refractivity contribution in [2.24, 2.45) is 0 Å². The fourth-order valence-electron chi connectivity index (χ4n) is 3.61. The van der Waals surface area contributed by atoms with Gasteiger partial charge in [0.25, 0.3) is 0 Å². The molecule has 5 rings (SSSR count). The van der Waals surface area contributed by atoms with Crippen LogP contribution < -0.4 is 0 Å². The first-order chi connectivity index (χ1) is 13.6. The van der Waals surface area contributed by atoms with Gasteiger partial charge in [-0.1, -0.05) is 6.07 Å². The molecule has 0 unspecified atom stereocenters.